The third-order valence-electron chi connectivity index (χ3n) is 4.99. The number of aliphatic hydroxyl groups is 1. The first-order valence-corrected chi connectivity index (χ1v) is 11.0. The Labute approximate surface area is 194 Å². The first-order valence-electron chi connectivity index (χ1n) is 11.0. The van der Waals surface area contributed by atoms with Crippen LogP contribution in [0.25, 0.3) is 0 Å². The topological polar surface area (TPSA) is 80.2 Å². The Bertz CT molecular complexity index is 1050. The molecule has 6 heteroatoms. The van der Waals surface area contributed by atoms with E-state index in [0.29, 0.717) is 19.6 Å². The second kappa shape index (κ2) is 12.4. The minimum Gasteiger partial charge on any atom is -0.494 e. The largest absolute Gasteiger partial charge is 0.494 e. The molecule has 0 fully saturated rings. The zero-order valence-corrected chi connectivity index (χ0v) is 19.0. The number of hydrogen-bond acceptors (Lipinski definition) is 5. The molecule has 0 bridgehead atoms. The maximum atomic E-state index is 12.0. The van der Waals surface area contributed by atoms with Gasteiger partial charge in [-0.25, -0.2) is 5.43 Å². The van der Waals surface area contributed by atoms with Crippen molar-refractivity contribution in [3.05, 3.63) is 95.1 Å². The zero-order valence-electron chi connectivity index (χ0n) is 19.0. The van der Waals surface area contributed by atoms with E-state index in [-0.39, 0.29) is 12.3 Å². The van der Waals surface area contributed by atoms with Crippen molar-refractivity contribution < 1.29 is 19.4 Å². The zero-order chi connectivity index (χ0) is 23.5. The first kappa shape index (κ1) is 24.0. The van der Waals surface area contributed by atoms with Crippen LogP contribution >= 0.6 is 0 Å². The summed E-state index contributed by atoms with van der Waals surface area (Å²) in [5.74, 6) is 1.27. The van der Waals surface area contributed by atoms with Crippen molar-refractivity contribution in [3.8, 4) is 11.5 Å². The highest BCUT2D eigenvalue weighted by atomic mass is 16.5. The fraction of sp³-hybridized carbons (Fsp3) is 0.259. The van der Waals surface area contributed by atoms with Crippen LogP contribution in [-0.2, 0) is 11.4 Å². The summed E-state index contributed by atoms with van der Waals surface area (Å²) in [4.78, 5) is 12.0. The Balaban J connectivity index is 1.39. The van der Waals surface area contributed by atoms with Crippen LogP contribution in [0.1, 0.15) is 48.1 Å². The lowest BCUT2D eigenvalue weighted by Crippen LogP contribution is -2.18. The van der Waals surface area contributed by atoms with Gasteiger partial charge in [0.05, 0.1) is 18.9 Å². The molecule has 0 spiro atoms. The lowest BCUT2D eigenvalue weighted by molar-refractivity contribution is -0.121. The number of carbonyl (C=O) groups excluding carboxylic acids is 1. The molecular weight excluding hydrogens is 416 g/mol. The molecule has 0 saturated heterocycles. The van der Waals surface area contributed by atoms with Crippen LogP contribution in [0.2, 0.25) is 0 Å². The first-order chi connectivity index (χ1) is 16.0. The van der Waals surface area contributed by atoms with Gasteiger partial charge in [0.2, 0.25) is 5.91 Å². The van der Waals surface area contributed by atoms with Gasteiger partial charge in [-0.1, -0.05) is 42.0 Å². The number of ether oxygens (including phenoxy) is 2. The molecule has 0 unspecified atom stereocenters. The Morgan fingerprint density at radius 2 is 1.73 bits per heavy atom. The van der Waals surface area contributed by atoms with Crippen molar-refractivity contribution in [2.24, 2.45) is 5.10 Å². The van der Waals surface area contributed by atoms with Crippen LogP contribution in [0.3, 0.4) is 0 Å². The van der Waals surface area contributed by atoms with Crippen molar-refractivity contribution >= 4 is 12.1 Å². The van der Waals surface area contributed by atoms with Gasteiger partial charge in [-0.05, 0) is 73.4 Å². The molecule has 1 atom stereocenters. The number of rotatable bonds is 11. The SMILES string of the molecule is CCOc1ccc([C@@H](O)CCC(=O)N/N=C\c2ccc(OCc3cccc(C)c3)cc2)cc1. The highest BCUT2D eigenvalue weighted by molar-refractivity contribution is 5.82. The molecule has 1 amide bonds. The van der Waals surface area contributed by atoms with Gasteiger partial charge in [0.1, 0.15) is 18.1 Å². The maximum Gasteiger partial charge on any atom is 0.240 e. The van der Waals surface area contributed by atoms with Crippen LogP contribution in [0.15, 0.2) is 77.9 Å². The molecule has 0 aromatic heterocycles. The number of hydrazone groups is 1. The summed E-state index contributed by atoms with van der Waals surface area (Å²) in [5.41, 5.74) is 6.41. The monoisotopic (exact) mass is 446 g/mol. The minimum absolute atomic E-state index is 0.164. The molecule has 0 saturated carbocycles. The van der Waals surface area contributed by atoms with E-state index in [1.165, 1.54) is 5.56 Å². The van der Waals surface area contributed by atoms with Gasteiger partial charge in [-0.15, -0.1) is 0 Å². The second-order valence-electron chi connectivity index (χ2n) is 7.70. The van der Waals surface area contributed by atoms with Gasteiger partial charge < -0.3 is 14.6 Å². The Kier molecular flexibility index (Phi) is 9.03. The van der Waals surface area contributed by atoms with Gasteiger partial charge in [0.25, 0.3) is 0 Å². The molecule has 172 valence electrons. The van der Waals surface area contributed by atoms with Crippen LogP contribution in [0.5, 0.6) is 11.5 Å². The van der Waals surface area contributed by atoms with Crippen LogP contribution in [0, 0.1) is 6.92 Å². The molecule has 33 heavy (non-hydrogen) atoms. The molecule has 0 aliphatic carbocycles. The Morgan fingerprint density at radius 3 is 2.42 bits per heavy atom. The smallest absolute Gasteiger partial charge is 0.240 e. The van der Waals surface area contributed by atoms with Gasteiger partial charge in [-0.2, -0.15) is 5.10 Å². The second-order valence-corrected chi connectivity index (χ2v) is 7.70. The van der Waals surface area contributed by atoms with Crippen molar-refractivity contribution in [1.82, 2.24) is 5.43 Å². The highest BCUT2D eigenvalue weighted by Crippen LogP contribution is 2.21. The predicted molar refractivity (Wildman–Crippen MR) is 129 cm³/mol. The fourth-order valence-corrected chi connectivity index (χ4v) is 3.24. The van der Waals surface area contributed by atoms with E-state index < -0.39 is 6.10 Å². The van der Waals surface area contributed by atoms with Crippen molar-refractivity contribution in [3.63, 3.8) is 0 Å². The number of aliphatic hydroxyl groups excluding tert-OH is 1. The van der Waals surface area contributed by atoms with E-state index in [9.17, 15) is 9.90 Å². The van der Waals surface area contributed by atoms with E-state index >= 15 is 0 Å². The molecule has 0 radical (unpaired) electrons. The summed E-state index contributed by atoms with van der Waals surface area (Å²) >= 11 is 0. The molecule has 2 N–H and O–H groups in total. The standard InChI is InChI=1S/C27H30N2O4/c1-3-32-24-13-9-23(10-14-24)26(30)15-16-27(31)29-28-18-21-7-11-25(12-8-21)33-19-22-6-4-5-20(2)17-22/h4-14,17-18,26,30H,3,15-16,19H2,1-2H3,(H,29,31)/b28-18-/t26-/m0/s1. The summed E-state index contributed by atoms with van der Waals surface area (Å²) in [6.45, 7) is 5.07. The Morgan fingerprint density at radius 1 is 1.03 bits per heavy atom. The quantitative estimate of drug-likeness (QED) is 0.323. The number of nitrogens with one attached hydrogen (secondary N) is 1. The van der Waals surface area contributed by atoms with Crippen molar-refractivity contribution in [1.29, 1.82) is 0 Å². The number of benzene rings is 3. The van der Waals surface area contributed by atoms with E-state index in [1.807, 2.05) is 55.5 Å². The summed E-state index contributed by atoms with van der Waals surface area (Å²) in [5, 5.41) is 14.3. The van der Waals surface area contributed by atoms with Gasteiger partial charge in [-0.3, -0.25) is 4.79 Å². The molecule has 3 aromatic carbocycles. The van der Waals surface area contributed by atoms with Crippen LogP contribution < -0.4 is 14.9 Å². The van der Waals surface area contributed by atoms with Crippen molar-refractivity contribution in [2.75, 3.05) is 6.61 Å². The summed E-state index contributed by atoms with van der Waals surface area (Å²) in [6.07, 6.45) is 1.33. The predicted octanol–water partition coefficient (Wildman–Crippen LogP) is 4.94. The summed E-state index contributed by atoms with van der Waals surface area (Å²) < 4.78 is 11.2. The van der Waals surface area contributed by atoms with Crippen LogP contribution in [-0.4, -0.2) is 23.8 Å². The molecule has 0 aliphatic heterocycles. The summed E-state index contributed by atoms with van der Waals surface area (Å²) in [6, 6.07) is 22.9. The number of carbonyl (C=O) groups is 1. The molecular formula is C27H30N2O4. The Hall–Kier alpha value is -3.64. The molecule has 0 heterocycles. The average molecular weight is 447 g/mol. The maximum absolute atomic E-state index is 12.0. The van der Waals surface area contributed by atoms with Gasteiger partial charge >= 0.3 is 0 Å². The van der Waals surface area contributed by atoms with Gasteiger partial charge in [0.15, 0.2) is 0 Å². The average Bonchev–Trinajstić information content (AvgIpc) is 2.83. The molecule has 3 aromatic rings. The minimum atomic E-state index is -0.720. The van der Waals surface area contributed by atoms with Gasteiger partial charge in [0, 0.05) is 6.42 Å². The summed E-state index contributed by atoms with van der Waals surface area (Å²) in [7, 11) is 0. The third-order valence-corrected chi connectivity index (χ3v) is 4.99. The number of aryl methyl sites for hydroxylation is 1. The number of amides is 1. The van der Waals surface area contributed by atoms with Crippen LogP contribution in [0.4, 0.5) is 0 Å². The third kappa shape index (κ3) is 8.09. The lowest BCUT2D eigenvalue weighted by atomic mass is 10.0. The van der Waals surface area contributed by atoms with E-state index in [1.54, 1.807) is 18.3 Å². The molecule has 3 rings (SSSR count). The molecule has 0 aliphatic rings. The normalized spacial score (nSPS) is 11.8. The fourth-order valence-electron chi connectivity index (χ4n) is 3.24. The van der Waals surface area contributed by atoms with E-state index in [4.69, 9.17) is 9.47 Å². The van der Waals surface area contributed by atoms with E-state index in [2.05, 4.69) is 29.6 Å². The lowest BCUT2D eigenvalue weighted by Gasteiger charge is -2.11. The number of hydrogen-bond donors (Lipinski definition) is 2. The van der Waals surface area contributed by atoms with E-state index in [0.717, 1.165) is 28.2 Å². The van der Waals surface area contributed by atoms with Crippen molar-refractivity contribution in [2.45, 2.75) is 39.4 Å². The molecule has 6 nitrogen and oxygen atoms in total. The number of nitrogens with zero attached hydrogens (tertiary/aromatic N) is 1. The highest BCUT2D eigenvalue weighted by Gasteiger charge is 2.10.